The van der Waals surface area contributed by atoms with Crippen molar-refractivity contribution in [3.05, 3.63) is 42.2 Å². The first-order valence-corrected chi connectivity index (χ1v) is 7.11. The van der Waals surface area contributed by atoms with Crippen molar-refractivity contribution in [2.75, 3.05) is 26.7 Å². The molecular weight excluding hydrogens is 252 g/mol. The van der Waals surface area contributed by atoms with Crippen LogP contribution < -0.4 is 0 Å². The zero-order valence-electron chi connectivity index (χ0n) is 12.2. The van der Waals surface area contributed by atoms with E-state index in [-0.39, 0.29) is 11.4 Å². The molecule has 4 heteroatoms. The van der Waals surface area contributed by atoms with Crippen LogP contribution in [0.5, 0.6) is 0 Å². The van der Waals surface area contributed by atoms with Gasteiger partial charge in [0.05, 0.1) is 6.61 Å². The highest BCUT2D eigenvalue weighted by molar-refractivity contribution is 5.82. The third kappa shape index (κ3) is 3.45. The minimum Gasteiger partial charge on any atom is -0.463 e. The highest BCUT2D eigenvalue weighted by Crippen LogP contribution is 2.36. The Balaban J connectivity index is 2.23. The van der Waals surface area contributed by atoms with Crippen LogP contribution in [-0.2, 0) is 14.9 Å². The van der Waals surface area contributed by atoms with Crippen LogP contribution in [0.1, 0.15) is 25.3 Å². The number of likely N-dealkylation sites (tertiary alicyclic amines) is 1. The van der Waals surface area contributed by atoms with Gasteiger partial charge in [0.2, 0.25) is 0 Å². The number of hydrogen-bond acceptors (Lipinski definition) is 4. The van der Waals surface area contributed by atoms with Crippen LogP contribution in [0.2, 0.25) is 0 Å². The lowest BCUT2D eigenvalue weighted by atomic mass is 9.73. The highest BCUT2D eigenvalue weighted by Gasteiger charge is 2.33. The number of carbonyl (C=O) groups excluding carboxylic acids is 1. The number of allylic oxidation sites excluding steroid dienone is 1. The van der Waals surface area contributed by atoms with Crippen molar-refractivity contribution >= 4 is 5.97 Å². The van der Waals surface area contributed by atoms with Gasteiger partial charge in [0.1, 0.15) is 0 Å². The number of nitrogens with zero attached hydrogens (tertiary/aromatic N) is 2. The topological polar surface area (TPSA) is 42.4 Å². The van der Waals surface area contributed by atoms with Gasteiger partial charge >= 0.3 is 5.97 Å². The lowest BCUT2D eigenvalue weighted by molar-refractivity contribution is -0.137. The SMILES string of the molecule is CCOC(=O)/C=C/C1(c2ccncc2)CCN(C)CC1. The third-order valence-electron chi connectivity index (χ3n) is 3.96. The van der Waals surface area contributed by atoms with E-state index in [0.717, 1.165) is 25.9 Å². The second kappa shape index (κ2) is 6.66. The van der Waals surface area contributed by atoms with Crippen LogP contribution in [0, 0.1) is 0 Å². The average Bonchev–Trinajstić information content (AvgIpc) is 2.48. The summed E-state index contributed by atoms with van der Waals surface area (Å²) in [5.41, 5.74) is 1.14. The molecule has 0 bridgehead atoms. The van der Waals surface area contributed by atoms with Crippen molar-refractivity contribution in [1.82, 2.24) is 9.88 Å². The number of pyridine rings is 1. The zero-order chi connectivity index (χ0) is 14.4. The van der Waals surface area contributed by atoms with Gasteiger partial charge in [-0.15, -0.1) is 0 Å². The molecule has 0 unspecified atom stereocenters. The summed E-state index contributed by atoms with van der Waals surface area (Å²) in [6, 6.07) is 4.08. The number of carbonyl (C=O) groups is 1. The molecule has 1 aromatic rings. The van der Waals surface area contributed by atoms with E-state index in [4.69, 9.17) is 4.74 Å². The molecule has 1 aliphatic heterocycles. The molecule has 1 saturated heterocycles. The van der Waals surface area contributed by atoms with Gasteiger partial charge in [0, 0.05) is 23.9 Å². The first kappa shape index (κ1) is 14.7. The quantitative estimate of drug-likeness (QED) is 0.623. The maximum absolute atomic E-state index is 11.6. The number of aromatic nitrogens is 1. The number of esters is 1. The Morgan fingerprint density at radius 1 is 1.40 bits per heavy atom. The average molecular weight is 274 g/mol. The molecule has 1 aromatic heterocycles. The van der Waals surface area contributed by atoms with Crippen molar-refractivity contribution < 1.29 is 9.53 Å². The summed E-state index contributed by atoms with van der Waals surface area (Å²) in [6.45, 7) is 4.28. The maximum atomic E-state index is 11.6. The van der Waals surface area contributed by atoms with Crippen LogP contribution >= 0.6 is 0 Å². The van der Waals surface area contributed by atoms with Crippen LogP contribution in [0.4, 0.5) is 0 Å². The molecule has 0 saturated carbocycles. The Bertz CT molecular complexity index is 463. The Morgan fingerprint density at radius 2 is 2.05 bits per heavy atom. The summed E-state index contributed by atoms with van der Waals surface area (Å²) in [7, 11) is 2.13. The molecule has 1 fully saturated rings. The van der Waals surface area contributed by atoms with E-state index < -0.39 is 0 Å². The lowest BCUT2D eigenvalue weighted by Gasteiger charge is -2.39. The van der Waals surface area contributed by atoms with Gasteiger partial charge in [-0.3, -0.25) is 4.98 Å². The Labute approximate surface area is 120 Å². The fourth-order valence-electron chi connectivity index (χ4n) is 2.67. The van der Waals surface area contributed by atoms with E-state index in [9.17, 15) is 4.79 Å². The number of hydrogen-bond donors (Lipinski definition) is 0. The van der Waals surface area contributed by atoms with Crippen molar-refractivity contribution in [2.45, 2.75) is 25.2 Å². The molecule has 0 aromatic carbocycles. The number of ether oxygens (including phenoxy) is 1. The fraction of sp³-hybridized carbons (Fsp3) is 0.500. The molecule has 0 N–H and O–H groups in total. The summed E-state index contributed by atoms with van der Waals surface area (Å²) in [4.78, 5) is 18.0. The molecule has 20 heavy (non-hydrogen) atoms. The van der Waals surface area contributed by atoms with Gasteiger partial charge in [-0.25, -0.2) is 4.79 Å². The van der Waals surface area contributed by atoms with Gasteiger partial charge in [-0.1, -0.05) is 6.08 Å². The molecule has 1 aliphatic rings. The van der Waals surface area contributed by atoms with Crippen LogP contribution in [0.15, 0.2) is 36.7 Å². The van der Waals surface area contributed by atoms with Gasteiger partial charge in [-0.05, 0) is 57.6 Å². The summed E-state index contributed by atoms with van der Waals surface area (Å²) in [6.07, 6.45) is 9.23. The first-order chi connectivity index (χ1) is 9.66. The summed E-state index contributed by atoms with van der Waals surface area (Å²) < 4.78 is 4.99. The molecule has 0 amide bonds. The minimum atomic E-state index is -0.264. The first-order valence-electron chi connectivity index (χ1n) is 7.11. The zero-order valence-corrected chi connectivity index (χ0v) is 12.2. The largest absolute Gasteiger partial charge is 0.463 e. The van der Waals surface area contributed by atoms with E-state index in [1.165, 1.54) is 5.56 Å². The summed E-state index contributed by atoms with van der Waals surface area (Å²) in [5.74, 6) is -0.264. The molecule has 0 aliphatic carbocycles. The van der Waals surface area contributed by atoms with Gasteiger partial charge in [0.25, 0.3) is 0 Å². The highest BCUT2D eigenvalue weighted by atomic mass is 16.5. The Kier molecular flexibility index (Phi) is 4.90. The van der Waals surface area contributed by atoms with E-state index in [1.54, 1.807) is 6.08 Å². The molecule has 0 radical (unpaired) electrons. The molecule has 2 heterocycles. The molecule has 0 atom stereocenters. The van der Waals surface area contributed by atoms with Gasteiger partial charge in [-0.2, -0.15) is 0 Å². The van der Waals surface area contributed by atoms with Crippen molar-refractivity contribution in [3.63, 3.8) is 0 Å². The summed E-state index contributed by atoms with van der Waals surface area (Å²) >= 11 is 0. The van der Waals surface area contributed by atoms with Gasteiger partial charge < -0.3 is 9.64 Å². The summed E-state index contributed by atoms with van der Waals surface area (Å²) in [5, 5.41) is 0. The van der Waals surface area contributed by atoms with Gasteiger partial charge in [0.15, 0.2) is 0 Å². The van der Waals surface area contributed by atoms with Crippen LogP contribution in [-0.4, -0.2) is 42.6 Å². The van der Waals surface area contributed by atoms with E-state index in [1.807, 2.05) is 37.5 Å². The Morgan fingerprint density at radius 3 is 2.65 bits per heavy atom. The van der Waals surface area contributed by atoms with E-state index in [0.29, 0.717) is 6.61 Å². The molecule has 2 rings (SSSR count). The van der Waals surface area contributed by atoms with E-state index in [2.05, 4.69) is 16.9 Å². The van der Waals surface area contributed by atoms with Crippen LogP contribution in [0.3, 0.4) is 0 Å². The molecule has 0 spiro atoms. The Hall–Kier alpha value is -1.68. The van der Waals surface area contributed by atoms with E-state index >= 15 is 0 Å². The molecule has 108 valence electrons. The smallest absolute Gasteiger partial charge is 0.330 e. The van der Waals surface area contributed by atoms with Crippen LogP contribution in [0.25, 0.3) is 0 Å². The van der Waals surface area contributed by atoms with Crippen molar-refractivity contribution in [3.8, 4) is 0 Å². The second-order valence-corrected chi connectivity index (χ2v) is 5.28. The molecule has 4 nitrogen and oxygen atoms in total. The number of piperidine rings is 1. The second-order valence-electron chi connectivity index (χ2n) is 5.28. The predicted octanol–water partition coefficient (Wildman–Crippen LogP) is 2.16. The number of rotatable bonds is 4. The lowest BCUT2D eigenvalue weighted by Crippen LogP contribution is -2.39. The standard InChI is InChI=1S/C16H22N2O2/c1-3-20-15(19)4-7-16(8-12-18(2)13-9-16)14-5-10-17-11-6-14/h4-7,10-11H,3,8-9,12-13H2,1-2H3/b7-4+. The minimum absolute atomic E-state index is 0.0811. The fourth-order valence-corrected chi connectivity index (χ4v) is 2.67. The predicted molar refractivity (Wildman–Crippen MR) is 78.4 cm³/mol. The normalized spacial score (nSPS) is 19.1. The molecular formula is C16H22N2O2. The monoisotopic (exact) mass is 274 g/mol. The van der Waals surface area contributed by atoms with Crippen molar-refractivity contribution in [2.24, 2.45) is 0 Å². The third-order valence-corrected chi connectivity index (χ3v) is 3.96. The van der Waals surface area contributed by atoms with Crippen molar-refractivity contribution in [1.29, 1.82) is 0 Å². The maximum Gasteiger partial charge on any atom is 0.330 e.